The van der Waals surface area contributed by atoms with Crippen LogP contribution in [0.1, 0.15) is 24.0 Å². The monoisotopic (exact) mass is 701 g/mol. The smallest absolute Gasteiger partial charge is 0.435 e. The van der Waals surface area contributed by atoms with Crippen LogP contribution in [0.5, 0.6) is 0 Å². The fourth-order valence-electron chi connectivity index (χ4n) is 6.09. The molecular formula is C28H29F8N2O6SSi-. The Bertz CT molecular complexity index is 1600. The summed E-state index contributed by atoms with van der Waals surface area (Å²) in [7, 11) is -6.42. The molecule has 1 fully saturated rings. The Kier molecular flexibility index (Phi) is 9.00. The molecule has 0 spiro atoms. The summed E-state index contributed by atoms with van der Waals surface area (Å²) >= 11 is 0. The molecule has 0 aromatic heterocycles. The first-order chi connectivity index (χ1) is 21.0. The molecule has 2 amide bonds. The normalized spacial score (nSPS) is 22.2. The van der Waals surface area contributed by atoms with Crippen LogP contribution in [0, 0.1) is 11.7 Å². The van der Waals surface area contributed by atoms with E-state index in [1.54, 1.807) is 0 Å². The molecule has 1 aliphatic heterocycles. The van der Waals surface area contributed by atoms with Crippen LogP contribution in [0.4, 0.5) is 50.4 Å². The molecule has 3 atom stereocenters. The number of alkyl halides is 7. The van der Waals surface area contributed by atoms with Crippen molar-refractivity contribution in [2.24, 2.45) is 5.92 Å². The number of anilines is 1. The zero-order chi connectivity index (χ0) is 34.7. The molecule has 254 valence electrons. The number of rotatable bonds is 7. The lowest BCUT2D eigenvalue weighted by Gasteiger charge is -2.47. The number of fused-ring (bicyclic) bond motifs is 3. The molecular weight excluding hydrogens is 672 g/mol. The molecule has 0 unspecified atom stereocenters. The SMILES string of the molecule is C[Si](C)(C)CCOC(=O)N[C@@H]1CC[C@@]2(S(=O)(=O)c3ccc(F)cc3)c3ccc(C(F)(C(F)(F)F)C(F)(F)F)cc3N(C(=O)[O-])C[C@@H]12. The van der Waals surface area contributed by atoms with Gasteiger partial charge in [-0.1, -0.05) is 31.8 Å². The number of hydrogen-bond acceptors (Lipinski definition) is 6. The highest BCUT2D eigenvalue weighted by atomic mass is 32.2. The number of nitrogens with zero attached hydrogens (tertiary/aromatic N) is 1. The first-order valence-electron chi connectivity index (χ1n) is 13.9. The lowest BCUT2D eigenvalue weighted by atomic mass is 9.79. The molecule has 4 rings (SSSR count). The van der Waals surface area contributed by atoms with E-state index in [0.717, 1.165) is 24.3 Å². The summed E-state index contributed by atoms with van der Waals surface area (Å²) in [6, 6.07) is 3.45. The van der Waals surface area contributed by atoms with E-state index >= 15 is 4.39 Å². The minimum absolute atomic E-state index is 0.00429. The summed E-state index contributed by atoms with van der Waals surface area (Å²) in [4.78, 5) is 24.7. The van der Waals surface area contributed by atoms with Gasteiger partial charge in [0.2, 0.25) is 0 Å². The molecule has 8 nitrogen and oxygen atoms in total. The van der Waals surface area contributed by atoms with Crippen LogP contribution in [0.3, 0.4) is 0 Å². The standard InChI is InChI=1S/C28H30F8N2O6SSi/c1-46(2,3)13-12-44-23(39)37-21-10-11-25(45(42,43)18-7-5-17(29)6-8-18)19-9-4-16(26(30,27(31,32)33)28(34,35)36)14-22(19)38(24(40)41)15-20(21)25/h4-9,14,20-21H,10-13,15H2,1-3H3,(H,37,39)(H,40,41)/p-1/t20-,21+,25+/m0/s1. The molecule has 0 saturated heterocycles. The average molecular weight is 702 g/mol. The van der Waals surface area contributed by atoms with Crippen LogP contribution in [0.15, 0.2) is 47.4 Å². The van der Waals surface area contributed by atoms with Crippen molar-refractivity contribution in [2.45, 2.75) is 72.2 Å². The van der Waals surface area contributed by atoms with Crippen LogP contribution < -0.4 is 15.3 Å². The highest BCUT2D eigenvalue weighted by Gasteiger charge is 2.74. The fraction of sp³-hybridized carbons (Fsp3) is 0.500. The van der Waals surface area contributed by atoms with E-state index in [-0.39, 0.29) is 30.1 Å². The zero-order valence-electron chi connectivity index (χ0n) is 24.6. The topological polar surface area (TPSA) is 116 Å². The van der Waals surface area contributed by atoms with E-state index in [0.29, 0.717) is 12.1 Å². The number of alkyl carbamates (subject to hydrolysis) is 1. The van der Waals surface area contributed by atoms with Crippen molar-refractivity contribution >= 4 is 35.8 Å². The van der Waals surface area contributed by atoms with Crippen LogP contribution in [0.25, 0.3) is 0 Å². The Morgan fingerprint density at radius 1 is 1.02 bits per heavy atom. The van der Waals surface area contributed by atoms with Crippen molar-refractivity contribution in [3.05, 3.63) is 59.4 Å². The number of ether oxygens (including phenoxy) is 1. The van der Waals surface area contributed by atoms with E-state index in [1.807, 2.05) is 19.6 Å². The predicted octanol–water partition coefficient (Wildman–Crippen LogP) is 5.79. The number of carbonyl (C=O) groups excluding carboxylic acids is 2. The van der Waals surface area contributed by atoms with Gasteiger partial charge in [-0.3, -0.25) is 0 Å². The number of carboxylic acid groups (broad SMARTS) is 1. The Morgan fingerprint density at radius 2 is 1.61 bits per heavy atom. The Hall–Kier alpha value is -3.41. The van der Waals surface area contributed by atoms with Crippen LogP contribution >= 0.6 is 0 Å². The molecule has 2 aromatic rings. The minimum Gasteiger partial charge on any atom is -0.530 e. The molecule has 2 aliphatic rings. The van der Waals surface area contributed by atoms with Crippen molar-refractivity contribution in [3.63, 3.8) is 0 Å². The van der Waals surface area contributed by atoms with E-state index in [4.69, 9.17) is 4.74 Å². The highest BCUT2D eigenvalue weighted by molar-refractivity contribution is 7.92. The second kappa shape index (κ2) is 11.7. The number of halogens is 8. The molecule has 0 radical (unpaired) electrons. The van der Waals surface area contributed by atoms with Gasteiger partial charge in [-0.15, -0.1) is 0 Å². The van der Waals surface area contributed by atoms with Gasteiger partial charge in [-0.05, 0) is 54.8 Å². The Labute approximate surface area is 259 Å². The maximum atomic E-state index is 15.1. The van der Waals surface area contributed by atoms with Gasteiger partial charge in [-0.2, -0.15) is 26.3 Å². The van der Waals surface area contributed by atoms with Crippen LogP contribution in [0.2, 0.25) is 25.7 Å². The van der Waals surface area contributed by atoms with E-state index in [1.165, 1.54) is 0 Å². The van der Waals surface area contributed by atoms with Gasteiger partial charge in [0.1, 0.15) is 16.7 Å². The molecule has 1 saturated carbocycles. The second-order valence-electron chi connectivity index (χ2n) is 12.5. The summed E-state index contributed by atoms with van der Waals surface area (Å²) in [6.45, 7) is 5.20. The van der Waals surface area contributed by atoms with Crippen LogP contribution in [-0.2, 0) is 25.0 Å². The number of carbonyl (C=O) groups is 2. The van der Waals surface area contributed by atoms with Gasteiger partial charge in [0.15, 0.2) is 9.84 Å². The number of benzene rings is 2. The quantitative estimate of drug-likeness (QED) is 0.222. The number of sulfone groups is 1. The number of hydrogen-bond donors (Lipinski definition) is 1. The van der Waals surface area contributed by atoms with Crippen molar-refractivity contribution in [1.29, 1.82) is 0 Å². The lowest BCUT2D eigenvalue weighted by Crippen LogP contribution is -2.58. The maximum Gasteiger partial charge on any atom is 0.435 e. The van der Waals surface area contributed by atoms with E-state index in [9.17, 15) is 53.8 Å². The third kappa shape index (κ3) is 5.93. The first-order valence-corrected chi connectivity index (χ1v) is 19.1. The van der Waals surface area contributed by atoms with Gasteiger partial charge < -0.3 is 24.9 Å². The summed E-state index contributed by atoms with van der Waals surface area (Å²) in [6.07, 6.45) is -16.8. The van der Waals surface area contributed by atoms with Gasteiger partial charge in [-0.25, -0.2) is 22.0 Å². The largest absolute Gasteiger partial charge is 0.530 e. The molecule has 0 bridgehead atoms. The summed E-state index contributed by atoms with van der Waals surface area (Å²) in [5.41, 5.74) is -9.53. The van der Waals surface area contributed by atoms with Crippen LogP contribution in [-0.4, -0.2) is 60.2 Å². The maximum absolute atomic E-state index is 15.1. The lowest BCUT2D eigenvalue weighted by molar-refractivity contribution is -0.348. The van der Waals surface area contributed by atoms with E-state index < -0.39 is 105 Å². The van der Waals surface area contributed by atoms with Crippen molar-refractivity contribution < 1.29 is 63.0 Å². The summed E-state index contributed by atoms with van der Waals surface area (Å²) in [5, 5.41) is 14.8. The third-order valence-electron chi connectivity index (χ3n) is 8.43. The Morgan fingerprint density at radius 3 is 2.13 bits per heavy atom. The predicted molar refractivity (Wildman–Crippen MR) is 148 cm³/mol. The molecule has 2 aromatic carbocycles. The molecule has 46 heavy (non-hydrogen) atoms. The van der Waals surface area contributed by atoms with E-state index in [2.05, 4.69) is 5.32 Å². The molecule has 1 heterocycles. The van der Waals surface area contributed by atoms with Gasteiger partial charge >= 0.3 is 24.1 Å². The van der Waals surface area contributed by atoms with Crippen molar-refractivity contribution in [2.75, 3.05) is 18.1 Å². The van der Waals surface area contributed by atoms with Gasteiger partial charge in [0, 0.05) is 37.8 Å². The second-order valence-corrected chi connectivity index (χ2v) is 20.3. The summed E-state index contributed by atoms with van der Waals surface area (Å²) in [5.74, 6) is -2.22. The van der Waals surface area contributed by atoms with Crippen molar-refractivity contribution in [3.8, 4) is 0 Å². The molecule has 18 heteroatoms. The number of nitrogens with one attached hydrogen (secondary N) is 1. The Balaban J connectivity index is 1.92. The fourth-order valence-corrected chi connectivity index (χ4v) is 9.21. The number of amides is 2. The molecule has 1 aliphatic carbocycles. The molecule has 1 N–H and O–H groups in total. The minimum atomic E-state index is -6.54. The highest BCUT2D eigenvalue weighted by Crippen LogP contribution is 2.59. The van der Waals surface area contributed by atoms with Gasteiger partial charge in [0.05, 0.1) is 11.5 Å². The van der Waals surface area contributed by atoms with Crippen molar-refractivity contribution in [1.82, 2.24) is 5.32 Å². The first kappa shape index (κ1) is 35.4. The zero-order valence-corrected chi connectivity index (χ0v) is 26.4. The summed E-state index contributed by atoms with van der Waals surface area (Å²) < 4.78 is 142. The average Bonchev–Trinajstić information content (AvgIpc) is 3.29. The third-order valence-corrected chi connectivity index (χ3v) is 12.7. The van der Waals surface area contributed by atoms with Gasteiger partial charge in [0.25, 0.3) is 0 Å².